The fourth-order valence-corrected chi connectivity index (χ4v) is 1.96. The second-order valence-electron chi connectivity index (χ2n) is 4.47. The van der Waals surface area contributed by atoms with E-state index in [4.69, 9.17) is 22.1 Å². The van der Waals surface area contributed by atoms with E-state index in [2.05, 4.69) is 5.32 Å². The van der Waals surface area contributed by atoms with Gasteiger partial charge in [-0.3, -0.25) is 4.79 Å². The summed E-state index contributed by atoms with van der Waals surface area (Å²) in [5.74, 6) is -0.502. The molecule has 0 radical (unpaired) electrons. The minimum absolute atomic E-state index is 0.0764. The Morgan fingerprint density at radius 2 is 1.62 bits per heavy atom. The number of anilines is 1. The standard InChI is InChI=1S/C15H13ClN4O/c16-12-3-5-13(6-4-12)20-14(21)15(11-19,7-1-9-17)8-2-10-18/h3-6H,1-2,7-8H2,(H,20,21). The molecular weight excluding hydrogens is 288 g/mol. The first-order chi connectivity index (χ1) is 10.1. The van der Waals surface area contributed by atoms with Crippen LogP contribution >= 0.6 is 11.6 Å². The zero-order valence-corrected chi connectivity index (χ0v) is 12.0. The number of nitrogens with one attached hydrogen (secondary N) is 1. The van der Waals surface area contributed by atoms with Crippen LogP contribution in [0.1, 0.15) is 25.7 Å². The van der Waals surface area contributed by atoms with Gasteiger partial charge in [-0.1, -0.05) is 11.6 Å². The van der Waals surface area contributed by atoms with Crippen molar-refractivity contribution in [1.29, 1.82) is 15.8 Å². The fraction of sp³-hybridized carbons (Fsp3) is 0.333. The van der Waals surface area contributed by atoms with Gasteiger partial charge < -0.3 is 5.32 Å². The molecule has 0 aliphatic rings. The topological polar surface area (TPSA) is 100 Å². The number of nitriles is 3. The van der Waals surface area contributed by atoms with Crippen LogP contribution in [0.15, 0.2) is 24.3 Å². The van der Waals surface area contributed by atoms with Gasteiger partial charge in [0.2, 0.25) is 5.91 Å². The number of halogens is 1. The van der Waals surface area contributed by atoms with E-state index < -0.39 is 11.3 Å². The number of nitrogens with zero attached hydrogens (tertiary/aromatic N) is 3. The number of carbonyl (C=O) groups excluding carboxylic acids is 1. The van der Waals surface area contributed by atoms with Gasteiger partial charge in [0.1, 0.15) is 5.41 Å². The first-order valence-electron chi connectivity index (χ1n) is 6.30. The molecule has 0 aliphatic carbocycles. The van der Waals surface area contributed by atoms with E-state index >= 15 is 0 Å². The highest BCUT2D eigenvalue weighted by molar-refractivity contribution is 6.30. The molecule has 1 amide bonds. The van der Waals surface area contributed by atoms with Crippen molar-refractivity contribution in [3.63, 3.8) is 0 Å². The third kappa shape index (κ3) is 4.49. The quantitative estimate of drug-likeness (QED) is 0.870. The maximum absolute atomic E-state index is 12.4. The van der Waals surface area contributed by atoms with Gasteiger partial charge in [0.15, 0.2) is 0 Å². The van der Waals surface area contributed by atoms with Gasteiger partial charge >= 0.3 is 0 Å². The molecule has 6 heteroatoms. The number of hydrogen-bond acceptors (Lipinski definition) is 4. The van der Waals surface area contributed by atoms with Gasteiger partial charge in [0.05, 0.1) is 18.2 Å². The van der Waals surface area contributed by atoms with E-state index in [0.717, 1.165) is 0 Å². The van der Waals surface area contributed by atoms with E-state index in [0.29, 0.717) is 10.7 Å². The van der Waals surface area contributed by atoms with E-state index in [1.165, 1.54) is 0 Å². The molecule has 1 rings (SSSR count). The third-order valence-electron chi connectivity index (χ3n) is 3.08. The summed E-state index contributed by atoms with van der Waals surface area (Å²) >= 11 is 5.77. The Kier molecular flexibility index (Phi) is 6.21. The molecule has 0 saturated carbocycles. The van der Waals surface area contributed by atoms with Crippen molar-refractivity contribution >= 4 is 23.2 Å². The van der Waals surface area contributed by atoms with Crippen LogP contribution in [-0.2, 0) is 4.79 Å². The first-order valence-corrected chi connectivity index (χ1v) is 6.68. The molecule has 0 unspecified atom stereocenters. The molecule has 0 aliphatic heterocycles. The summed E-state index contributed by atoms with van der Waals surface area (Å²) in [5, 5.41) is 29.9. The van der Waals surface area contributed by atoms with Gasteiger partial charge in [-0.15, -0.1) is 0 Å². The summed E-state index contributed by atoms with van der Waals surface area (Å²) < 4.78 is 0. The van der Waals surface area contributed by atoms with Crippen LogP contribution in [-0.4, -0.2) is 5.91 Å². The van der Waals surface area contributed by atoms with E-state index in [9.17, 15) is 10.1 Å². The number of hydrogen-bond donors (Lipinski definition) is 1. The average molecular weight is 301 g/mol. The largest absolute Gasteiger partial charge is 0.325 e. The second-order valence-corrected chi connectivity index (χ2v) is 4.91. The molecule has 0 aromatic heterocycles. The lowest BCUT2D eigenvalue weighted by molar-refractivity contribution is -0.123. The van der Waals surface area contributed by atoms with E-state index in [-0.39, 0.29) is 25.7 Å². The predicted octanol–water partition coefficient (Wildman–Crippen LogP) is 3.40. The molecule has 1 aromatic carbocycles. The Balaban J connectivity index is 2.94. The SMILES string of the molecule is N#CCCC(C#N)(CCC#N)C(=O)Nc1ccc(Cl)cc1. The Bertz CT molecular complexity index is 601. The highest BCUT2D eigenvalue weighted by Gasteiger charge is 2.38. The monoisotopic (exact) mass is 300 g/mol. The highest BCUT2D eigenvalue weighted by atomic mass is 35.5. The minimum Gasteiger partial charge on any atom is -0.325 e. The van der Waals surface area contributed by atoms with E-state index in [1.54, 1.807) is 24.3 Å². The summed E-state index contributed by atoms with van der Waals surface area (Å²) in [6, 6.07) is 12.3. The number of amides is 1. The van der Waals surface area contributed by atoms with E-state index in [1.807, 2.05) is 18.2 Å². The molecule has 0 spiro atoms. The van der Waals surface area contributed by atoms with Crippen LogP contribution in [0.25, 0.3) is 0 Å². The molecule has 21 heavy (non-hydrogen) atoms. The maximum atomic E-state index is 12.4. The van der Waals surface area contributed by atoms with Crippen LogP contribution in [0, 0.1) is 39.4 Å². The van der Waals surface area contributed by atoms with Gasteiger partial charge in [-0.05, 0) is 37.1 Å². The number of benzene rings is 1. The van der Waals surface area contributed by atoms with Crippen LogP contribution in [0.5, 0.6) is 0 Å². The van der Waals surface area contributed by atoms with Gasteiger partial charge in [0.25, 0.3) is 0 Å². The minimum atomic E-state index is -1.37. The Morgan fingerprint density at radius 1 is 1.10 bits per heavy atom. The lowest BCUT2D eigenvalue weighted by Gasteiger charge is -2.23. The van der Waals surface area contributed by atoms with Crippen molar-refractivity contribution in [2.45, 2.75) is 25.7 Å². The van der Waals surface area contributed by atoms with Gasteiger partial charge in [-0.2, -0.15) is 15.8 Å². The van der Waals surface area contributed by atoms with Gasteiger partial charge in [-0.25, -0.2) is 0 Å². The summed E-state index contributed by atoms with van der Waals surface area (Å²) in [6.45, 7) is 0. The zero-order valence-electron chi connectivity index (χ0n) is 11.3. The molecule has 1 N–H and O–H groups in total. The lowest BCUT2D eigenvalue weighted by Crippen LogP contribution is -2.35. The molecule has 0 atom stereocenters. The van der Waals surface area contributed by atoms with Crippen LogP contribution in [0.3, 0.4) is 0 Å². The molecule has 5 nitrogen and oxygen atoms in total. The predicted molar refractivity (Wildman–Crippen MR) is 77.8 cm³/mol. The molecule has 0 heterocycles. The first kappa shape index (κ1) is 16.5. The third-order valence-corrected chi connectivity index (χ3v) is 3.33. The van der Waals surface area contributed by atoms with Crippen molar-refractivity contribution < 1.29 is 4.79 Å². The zero-order chi connectivity index (χ0) is 15.7. The Morgan fingerprint density at radius 3 is 2.05 bits per heavy atom. The number of carbonyl (C=O) groups is 1. The van der Waals surface area contributed by atoms with Crippen LogP contribution < -0.4 is 5.32 Å². The molecule has 0 bridgehead atoms. The smallest absolute Gasteiger partial charge is 0.244 e. The van der Waals surface area contributed by atoms with Crippen LogP contribution in [0.4, 0.5) is 5.69 Å². The molecule has 0 saturated heterocycles. The molecule has 1 aromatic rings. The molecule has 106 valence electrons. The summed E-state index contributed by atoms with van der Waals surface area (Å²) in [4.78, 5) is 12.4. The molecular formula is C15H13ClN4O. The Hall–Kier alpha value is -2.55. The van der Waals surface area contributed by atoms with Crippen molar-refractivity contribution in [2.24, 2.45) is 5.41 Å². The van der Waals surface area contributed by atoms with Crippen molar-refractivity contribution in [2.75, 3.05) is 5.32 Å². The van der Waals surface area contributed by atoms with Crippen molar-refractivity contribution in [3.8, 4) is 18.2 Å². The highest BCUT2D eigenvalue weighted by Crippen LogP contribution is 2.31. The van der Waals surface area contributed by atoms with Crippen LogP contribution in [0.2, 0.25) is 5.02 Å². The summed E-state index contributed by atoms with van der Waals surface area (Å²) in [5.41, 5.74) is -0.858. The number of rotatable bonds is 6. The van der Waals surface area contributed by atoms with Gasteiger partial charge in [0, 0.05) is 23.6 Å². The summed E-state index contributed by atoms with van der Waals surface area (Å²) in [6.07, 6.45) is 0.349. The maximum Gasteiger partial charge on any atom is 0.244 e. The fourth-order valence-electron chi connectivity index (χ4n) is 1.84. The van der Waals surface area contributed by atoms with Crippen molar-refractivity contribution in [3.05, 3.63) is 29.3 Å². The van der Waals surface area contributed by atoms with Crippen molar-refractivity contribution in [1.82, 2.24) is 0 Å². The lowest BCUT2D eigenvalue weighted by atomic mass is 9.79. The second kappa shape index (κ2) is 7.90. The Labute approximate surface area is 128 Å². The normalized spacial score (nSPS) is 10.0. The summed E-state index contributed by atoms with van der Waals surface area (Å²) in [7, 11) is 0. The average Bonchev–Trinajstić information content (AvgIpc) is 2.50. The molecule has 0 fully saturated rings.